The van der Waals surface area contributed by atoms with Gasteiger partial charge in [-0.1, -0.05) is 30.3 Å². The Labute approximate surface area is 134 Å². The van der Waals surface area contributed by atoms with Gasteiger partial charge in [0.05, 0.1) is 6.04 Å². The van der Waals surface area contributed by atoms with Crippen LogP contribution in [-0.2, 0) is 0 Å². The predicted octanol–water partition coefficient (Wildman–Crippen LogP) is 3.36. The molecule has 2 rings (SSSR count). The van der Waals surface area contributed by atoms with Crippen molar-refractivity contribution in [1.29, 1.82) is 0 Å². The molecule has 1 fully saturated rings. The summed E-state index contributed by atoms with van der Waals surface area (Å²) in [4.78, 5) is 12.3. The number of nitrogens with one attached hydrogen (secondary N) is 3. The van der Waals surface area contributed by atoms with Crippen molar-refractivity contribution in [3.05, 3.63) is 35.9 Å². The second-order valence-electron chi connectivity index (χ2n) is 7.75. The van der Waals surface area contributed by atoms with Gasteiger partial charge in [-0.3, -0.25) is 0 Å². The van der Waals surface area contributed by atoms with Crippen LogP contribution in [0.3, 0.4) is 0 Å². The molecule has 0 saturated carbocycles. The van der Waals surface area contributed by atoms with Crippen LogP contribution in [0.2, 0.25) is 0 Å². The number of urea groups is 1. The fourth-order valence-corrected chi connectivity index (χ4v) is 3.67. The number of benzene rings is 1. The molecule has 3 N–H and O–H groups in total. The van der Waals surface area contributed by atoms with Gasteiger partial charge in [-0.25, -0.2) is 4.79 Å². The SMILES string of the molecule is CC(NC(=O)NC1CC(C)(C)NC(C)(C)C1)c1ccccc1. The summed E-state index contributed by atoms with van der Waals surface area (Å²) in [6, 6.07) is 10.1. The van der Waals surface area contributed by atoms with Crippen LogP contribution in [0.25, 0.3) is 0 Å². The highest BCUT2D eigenvalue weighted by molar-refractivity contribution is 5.74. The Hall–Kier alpha value is -1.55. The molecule has 0 aromatic heterocycles. The minimum Gasteiger partial charge on any atom is -0.335 e. The fraction of sp³-hybridized carbons (Fsp3) is 0.611. The quantitative estimate of drug-likeness (QED) is 0.802. The van der Waals surface area contributed by atoms with Crippen LogP contribution in [0.15, 0.2) is 30.3 Å². The molecular formula is C18H29N3O. The van der Waals surface area contributed by atoms with E-state index in [0.717, 1.165) is 18.4 Å². The fourth-order valence-electron chi connectivity index (χ4n) is 3.67. The van der Waals surface area contributed by atoms with Crippen molar-refractivity contribution in [2.45, 2.75) is 70.6 Å². The lowest BCUT2D eigenvalue weighted by molar-refractivity contribution is 0.147. The van der Waals surface area contributed by atoms with Crippen LogP contribution >= 0.6 is 0 Å². The summed E-state index contributed by atoms with van der Waals surface area (Å²) in [5.41, 5.74) is 1.18. The van der Waals surface area contributed by atoms with Gasteiger partial charge >= 0.3 is 6.03 Å². The molecule has 1 aromatic carbocycles. The van der Waals surface area contributed by atoms with E-state index in [9.17, 15) is 4.79 Å². The molecule has 1 aliphatic heterocycles. The molecule has 1 saturated heterocycles. The van der Waals surface area contributed by atoms with E-state index < -0.39 is 0 Å². The Morgan fingerprint density at radius 3 is 2.23 bits per heavy atom. The Bertz CT molecular complexity index is 494. The van der Waals surface area contributed by atoms with E-state index in [0.29, 0.717) is 0 Å². The Morgan fingerprint density at radius 1 is 1.14 bits per heavy atom. The van der Waals surface area contributed by atoms with Gasteiger partial charge in [-0.05, 0) is 53.0 Å². The lowest BCUT2D eigenvalue weighted by Gasteiger charge is -2.46. The highest BCUT2D eigenvalue weighted by Crippen LogP contribution is 2.28. The third-order valence-electron chi connectivity index (χ3n) is 4.17. The van der Waals surface area contributed by atoms with Gasteiger partial charge in [0.1, 0.15) is 0 Å². The van der Waals surface area contributed by atoms with Crippen molar-refractivity contribution >= 4 is 6.03 Å². The molecule has 22 heavy (non-hydrogen) atoms. The van der Waals surface area contributed by atoms with Crippen LogP contribution < -0.4 is 16.0 Å². The number of carbonyl (C=O) groups is 1. The second kappa shape index (κ2) is 6.29. The first kappa shape index (κ1) is 16.8. The van der Waals surface area contributed by atoms with E-state index in [1.165, 1.54) is 0 Å². The van der Waals surface area contributed by atoms with E-state index in [1.807, 2.05) is 37.3 Å². The van der Waals surface area contributed by atoms with E-state index in [1.54, 1.807) is 0 Å². The number of piperidine rings is 1. The van der Waals surface area contributed by atoms with Crippen molar-refractivity contribution in [1.82, 2.24) is 16.0 Å². The van der Waals surface area contributed by atoms with Gasteiger partial charge in [0.2, 0.25) is 0 Å². The number of amides is 2. The smallest absolute Gasteiger partial charge is 0.315 e. The van der Waals surface area contributed by atoms with E-state index in [4.69, 9.17) is 0 Å². The van der Waals surface area contributed by atoms with Crippen molar-refractivity contribution in [3.8, 4) is 0 Å². The third kappa shape index (κ3) is 4.73. The van der Waals surface area contributed by atoms with E-state index >= 15 is 0 Å². The molecule has 4 nitrogen and oxygen atoms in total. The van der Waals surface area contributed by atoms with E-state index in [-0.39, 0.29) is 29.2 Å². The molecule has 1 heterocycles. The number of hydrogen-bond donors (Lipinski definition) is 3. The summed E-state index contributed by atoms with van der Waals surface area (Å²) in [5.74, 6) is 0. The monoisotopic (exact) mass is 303 g/mol. The van der Waals surface area contributed by atoms with Crippen molar-refractivity contribution in [2.75, 3.05) is 0 Å². The average Bonchev–Trinajstić information content (AvgIpc) is 2.35. The van der Waals surface area contributed by atoms with Gasteiger partial charge in [0.15, 0.2) is 0 Å². The van der Waals surface area contributed by atoms with Crippen molar-refractivity contribution in [2.24, 2.45) is 0 Å². The Morgan fingerprint density at radius 2 is 1.68 bits per heavy atom. The van der Waals surface area contributed by atoms with Crippen molar-refractivity contribution < 1.29 is 4.79 Å². The first-order valence-electron chi connectivity index (χ1n) is 8.08. The highest BCUT2D eigenvalue weighted by Gasteiger charge is 2.38. The maximum atomic E-state index is 12.3. The molecule has 1 aliphatic rings. The van der Waals surface area contributed by atoms with Crippen LogP contribution in [0.1, 0.15) is 59.1 Å². The number of hydrogen-bond acceptors (Lipinski definition) is 2. The largest absolute Gasteiger partial charge is 0.335 e. The van der Waals surface area contributed by atoms with Crippen LogP contribution in [-0.4, -0.2) is 23.2 Å². The molecule has 1 aromatic rings. The van der Waals surface area contributed by atoms with Crippen LogP contribution in [0.5, 0.6) is 0 Å². The molecule has 122 valence electrons. The zero-order chi connectivity index (χ0) is 16.4. The first-order valence-corrected chi connectivity index (χ1v) is 8.08. The van der Waals surface area contributed by atoms with Gasteiger partial charge in [0.25, 0.3) is 0 Å². The number of rotatable bonds is 3. The molecule has 4 heteroatoms. The molecule has 0 bridgehead atoms. The second-order valence-corrected chi connectivity index (χ2v) is 7.75. The Kier molecular flexibility index (Phi) is 4.81. The molecule has 0 aliphatic carbocycles. The highest BCUT2D eigenvalue weighted by atomic mass is 16.2. The normalized spacial score (nSPS) is 21.9. The lowest BCUT2D eigenvalue weighted by atomic mass is 9.80. The summed E-state index contributed by atoms with van der Waals surface area (Å²) in [7, 11) is 0. The molecule has 2 amide bonds. The van der Waals surface area contributed by atoms with Gasteiger partial charge < -0.3 is 16.0 Å². The summed E-state index contributed by atoms with van der Waals surface area (Å²) in [5, 5.41) is 9.80. The third-order valence-corrected chi connectivity index (χ3v) is 4.17. The maximum Gasteiger partial charge on any atom is 0.315 e. The average molecular weight is 303 g/mol. The lowest BCUT2D eigenvalue weighted by Crippen LogP contribution is -2.62. The molecular weight excluding hydrogens is 274 g/mol. The van der Waals surface area contributed by atoms with Crippen LogP contribution in [0.4, 0.5) is 4.79 Å². The zero-order valence-electron chi connectivity index (χ0n) is 14.4. The Balaban J connectivity index is 1.92. The van der Waals surface area contributed by atoms with E-state index in [2.05, 4.69) is 43.6 Å². The molecule has 1 atom stereocenters. The van der Waals surface area contributed by atoms with Crippen LogP contribution in [0, 0.1) is 0 Å². The summed E-state index contributed by atoms with van der Waals surface area (Å²) in [6.45, 7) is 10.8. The minimum atomic E-state index is -0.0881. The maximum absolute atomic E-state index is 12.3. The zero-order valence-corrected chi connectivity index (χ0v) is 14.4. The summed E-state index contributed by atoms with van der Waals surface area (Å²) in [6.07, 6.45) is 1.87. The standard InChI is InChI=1S/C18H29N3O/c1-13(14-9-7-6-8-10-14)19-16(22)20-15-11-17(2,3)21-18(4,5)12-15/h6-10,13,15,21H,11-12H2,1-5H3,(H2,19,20,22). The number of carbonyl (C=O) groups excluding carboxylic acids is 1. The predicted molar refractivity (Wildman–Crippen MR) is 90.8 cm³/mol. The van der Waals surface area contributed by atoms with Gasteiger partial charge in [0, 0.05) is 17.1 Å². The molecule has 0 radical (unpaired) electrons. The topological polar surface area (TPSA) is 53.2 Å². The summed E-state index contributed by atoms with van der Waals surface area (Å²) < 4.78 is 0. The first-order chi connectivity index (χ1) is 10.2. The minimum absolute atomic E-state index is 0.00364. The molecule has 0 spiro atoms. The molecule has 1 unspecified atom stereocenters. The summed E-state index contributed by atoms with van der Waals surface area (Å²) >= 11 is 0. The van der Waals surface area contributed by atoms with Gasteiger partial charge in [-0.2, -0.15) is 0 Å². The van der Waals surface area contributed by atoms with Gasteiger partial charge in [-0.15, -0.1) is 0 Å². The van der Waals surface area contributed by atoms with Crippen molar-refractivity contribution in [3.63, 3.8) is 0 Å².